The summed E-state index contributed by atoms with van der Waals surface area (Å²) < 4.78 is 5.30. The minimum atomic E-state index is 0.604. The Hall–Kier alpha value is -1.18. The van der Waals surface area contributed by atoms with Crippen LogP contribution in [0.5, 0.6) is 0 Å². The number of furan rings is 1. The Bertz CT molecular complexity index is 357. The summed E-state index contributed by atoms with van der Waals surface area (Å²) in [6, 6.07) is 4.08. The zero-order valence-corrected chi connectivity index (χ0v) is 8.13. The Labute approximate surface area is 77.9 Å². The maximum absolute atomic E-state index is 5.30. The van der Waals surface area contributed by atoms with Crippen LogP contribution in [0.1, 0.15) is 38.3 Å². The van der Waals surface area contributed by atoms with Crippen molar-refractivity contribution in [2.24, 2.45) is 0 Å². The molecule has 1 N–H and O–H groups in total. The highest BCUT2D eigenvalue weighted by Crippen LogP contribution is 2.24. The van der Waals surface area contributed by atoms with E-state index in [9.17, 15) is 0 Å². The zero-order chi connectivity index (χ0) is 9.26. The van der Waals surface area contributed by atoms with Crippen LogP contribution in [0.3, 0.4) is 0 Å². The summed E-state index contributed by atoms with van der Waals surface area (Å²) in [5.41, 5.74) is 3.37. The van der Waals surface area contributed by atoms with Crippen LogP contribution < -0.4 is 0 Å². The fourth-order valence-corrected chi connectivity index (χ4v) is 1.72. The monoisotopic (exact) mass is 177 g/mol. The van der Waals surface area contributed by atoms with Crippen molar-refractivity contribution in [3.8, 4) is 0 Å². The van der Waals surface area contributed by atoms with Crippen LogP contribution >= 0.6 is 0 Å². The summed E-state index contributed by atoms with van der Waals surface area (Å²) in [7, 11) is 0. The van der Waals surface area contributed by atoms with E-state index < -0.39 is 0 Å². The average molecular weight is 177 g/mol. The Morgan fingerprint density at radius 2 is 2.38 bits per heavy atom. The number of nitrogens with one attached hydrogen (secondary N) is 1. The number of H-pyrrole nitrogens is 1. The van der Waals surface area contributed by atoms with Crippen molar-refractivity contribution in [1.82, 2.24) is 4.98 Å². The summed E-state index contributed by atoms with van der Waals surface area (Å²) in [5, 5.41) is 0. The van der Waals surface area contributed by atoms with Crippen LogP contribution in [0.4, 0.5) is 0 Å². The Morgan fingerprint density at radius 3 is 3.08 bits per heavy atom. The molecule has 2 aromatic rings. The minimum absolute atomic E-state index is 0.604. The quantitative estimate of drug-likeness (QED) is 0.761. The van der Waals surface area contributed by atoms with Gasteiger partial charge in [0.1, 0.15) is 0 Å². The van der Waals surface area contributed by atoms with Crippen molar-refractivity contribution < 1.29 is 4.42 Å². The van der Waals surface area contributed by atoms with Crippen LogP contribution in [-0.2, 0) is 0 Å². The predicted octanol–water partition coefficient (Wildman–Crippen LogP) is 3.66. The molecule has 1 atom stereocenters. The lowest BCUT2D eigenvalue weighted by Crippen LogP contribution is -1.92. The van der Waals surface area contributed by atoms with Gasteiger partial charge in [0, 0.05) is 17.8 Å². The molecule has 13 heavy (non-hydrogen) atoms. The van der Waals surface area contributed by atoms with Gasteiger partial charge in [-0.25, -0.2) is 0 Å². The van der Waals surface area contributed by atoms with Gasteiger partial charge in [0.15, 0.2) is 5.58 Å². The Morgan fingerprint density at radius 1 is 1.54 bits per heavy atom. The predicted molar refractivity (Wildman–Crippen MR) is 53.9 cm³/mol. The van der Waals surface area contributed by atoms with Gasteiger partial charge in [-0.15, -0.1) is 0 Å². The molecule has 0 amide bonds. The standard InChI is InChI=1S/C11H15NO/c1-3-4-8(2)10-7-11-9(12-10)5-6-13-11/h5-8,12H,3-4H2,1-2H3. The van der Waals surface area contributed by atoms with Crippen LogP contribution in [-0.4, -0.2) is 4.98 Å². The zero-order valence-electron chi connectivity index (χ0n) is 8.13. The second-order valence-corrected chi connectivity index (χ2v) is 3.61. The highest BCUT2D eigenvalue weighted by atomic mass is 16.3. The smallest absolute Gasteiger partial charge is 0.151 e. The molecule has 2 heterocycles. The number of hydrogen-bond acceptors (Lipinski definition) is 1. The van der Waals surface area contributed by atoms with Crippen molar-refractivity contribution in [3.63, 3.8) is 0 Å². The Balaban J connectivity index is 2.28. The number of aromatic nitrogens is 1. The molecule has 2 nitrogen and oxygen atoms in total. The maximum atomic E-state index is 5.30. The molecule has 0 radical (unpaired) electrons. The van der Waals surface area contributed by atoms with E-state index in [1.54, 1.807) is 6.26 Å². The summed E-state index contributed by atoms with van der Waals surface area (Å²) in [4.78, 5) is 3.37. The second kappa shape index (κ2) is 3.29. The van der Waals surface area contributed by atoms with Gasteiger partial charge in [0.25, 0.3) is 0 Å². The molecular weight excluding hydrogens is 162 g/mol. The van der Waals surface area contributed by atoms with Gasteiger partial charge in [0.2, 0.25) is 0 Å². The molecule has 0 aliphatic carbocycles. The summed E-state index contributed by atoms with van der Waals surface area (Å²) >= 11 is 0. The molecule has 1 unspecified atom stereocenters. The SMILES string of the molecule is CCCC(C)c1cc2occc2[nH]1. The topological polar surface area (TPSA) is 28.9 Å². The first-order valence-corrected chi connectivity index (χ1v) is 4.87. The van der Waals surface area contributed by atoms with E-state index in [0.29, 0.717) is 5.92 Å². The van der Waals surface area contributed by atoms with E-state index >= 15 is 0 Å². The molecule has 0 spiro atoms. The van der Waals surface area contributed by atoms with E-state index in [1.807, 2.05) is 6.07 Å². The molecule has 0 aliphatic heterocycles. The van der Waals surface area contributed by atoms with Crippen LogP contribution in [0.15, 0.2) is 22.8 Å². The van der Waals surface area contributed by atoms with E-state index in [0.717, 1.165) is 11.1 Å². The fourth-order valence-electron chi connectivity index (χ4n) is 1.72. The first kappa shape index (κ1) is 8.42. The van der Waals surface area contributed by atoms with E-state index in [4.69, 9.17) is 4.42 Å². The minimum Gasteiger partial charge on any atom is -0.463 e. The van der Waals surface area contributed by atoms with Crippen LogP contribution in [0.2, 0.25) is 0 Å². The van der Waals surface area contributed by atoms with Gasteiger partial charge < -0.3 is 9.40 Å². The first-order valence-electron chi connectivity index (χ1n) is 4.87. The molecule has 2 heteroatoms. The lowest BCUT2D eigenvalue weighted by Gasteiger charge is -2.06. The third-order valence-electron chi connectivity index (χ3n) is 2.51. The van der Waals surface area contributed by atoms with Gasteiger partial charge in [-0.05, 0) is 12.3 Å². The molecule has 0 aromatic carbocycles. The van der Waals surface area contributed by atoms with Gasteiger partial charge >= 0.3 is 0 Å². The average Bonchev–Trinajstić information content (AvgIpc) is 2.61. The lowest BCUT2D eigenvalue weighted by atomic mass is 10.0. The van der Waals surface area contributed by atoms with Crippen molar-refractivity contribution >= 4 is 11.1 Å². The number of fused-ring (bicyclic) bond motifs is 1. The molecule has 2 rings (SSSR count). The molecule has 0 saturated heterocycles. The lowest BCUT2D eigenvalue weighted by molar-refractivity contribution is 0.613. The fraction of sp³-hybridized carbons (Fsp3) is 0.455. The number of aromatic amines is 1. The third kappa shape index (κ3) is 1.48. The normalized spacial score (nSPS) is 13.7. The molecule has 70 valence electrons. The summed E-state index contributed by atoms with van der Waals surface area (Å²) in [6.07, 6.45) is 4.17. The molecular formula is C11H15NO. The van der Waals surface area contributed by atoms with Crippen LogP contribution in [0.25, 0.3) is 11.1 Å². The molecule has 0 saturated carbocycles. The van der Waals surface area contributed by atoms with E-state index in [1.165, 1.54) is 18.5 Å². The highest BCUT2D eigenvalue weighted by molar-refractivity contribution is 5.74. The number of rotatable bonds is 3. The van der Waals surface area contributed by atoms with Crippen molar-refractivity contribution in [2.75, 3.05) is 0 Å². The largest absolute Gasteiger partial charge is 0.463 e. The van der Waals surface area contributed by atoms with Crippen molar-refractivity contribution in [1.29, 1.82) is 0 Å². The highest BCUT2D eigenvalue weighted by Gasteiger charge is 2.08. The van der Waals surface area contributed by atoms with Crippen molar-refractivity contribution in [3.05, 3.63) is 24.1 Å². The van der Waals surface area contributed by atoms with E-state index in [-0.39, 0.29) is 0 Å². The number of hydrogen-bond donors (Lipinski definition) is 1. The summed E-state index contributed by atoms with van der Waals surface area (Å²) in [5.74, 6) is 0.604. The summed E-state index contributed by atoms with van der Waals surface area (Å²) in [6.45, 7) is 4.46. The van der Waals surface area contributed by atoms with Gasteiger partial charge in [-0.2, -0.15) is 0 Å². The molecule has 0 aliphatic rings. The third-order valence-corrected chi connectivity index (χ3v) is 2.51. The van der Waals surface area contributed by atoms with Gasteiger partial charge in [-0.3, -0.25) is 0 Å². The first-order chi connectivity index (χ1) is 6.31. The molecule has 0 bridgehead atoms. The van der Waals surface area contributed by atoms with E-state index in [2.05, 4.69) is 24.9 Å². The van der Waals surface area contributed by atoms with Crippen molar-refractivity contribution in [2.45, 2.75) is 32.6 Å². The van der Waals surface area contributed by atoms with Gasteiger partial charge in [0.05, 0.1) is 11.8 Å². The molecule has 2 aromatic heterocycles. The van der Waals surface area contributed by atoms with Crippen LogP contribution in [0, 0.1) is 0 Å². The maximum Gasteiger partial charge on any atom is 0.151 e. The molecule has 0 fully saturated rings. The second-order valence-electron chi connectivity index (χ2n) is 3.61. The van der Waals surface area contributed by atoms with Gasteiger partial charge in [-0.1, -0.05) is 20.3 Å². The Kier molecular flexibility index (Phi) is 2.13.